The third kappa shape index (κ3) is 5.26. The van der Waals surface area contributed by atoms with E-state index in [1.807, 2.05) is 0 Å². The number of aliphatic imine (C=N–C) groups is 1. The van der Waals surface area contributed by atoms with Crippen LogP contribution in [0, 0.1) is 11.2 Å². The average Bonchev–Trinajstić information content (AvgIpc) is 3.46. The summed E-state index contributed by atoms with van der Waals surface area (Å²) in [5.41, 5.74) is -0.820. The second-order valence-corrected chi connectivity index (χ2v) is 10.7. The number of rotatable bonds is 7. The second-order valence-electron chi connectivity index (χ2n) is 8.85. The number of halogens is 6. The van der Waals surface area contributed by atoms with Crippen molar-refractivity contribution in [1.82, 2.24) is 10.6 Å². The zero-order valence-corrected chi connectivity index (χ0v) is 21.7. The van der Waals surface area contributed by atoms with E-state index in [2.05, 4.69) is 15.6 Å². The summed E-state index contributed by atoms with van der Waals surface area (Å²) in [6.45, 7) is -0.375. The van der Waals surface area contributed by atoms with Gasteiger partial charge in [0.05, 0.1) is 44.0 Å². The smallest absolute Gasteiger partial charge is 0.350 e. The van der Waals surface area contributed by atoms with Crippen molar-refractivity contribution >= 4 is 58.3 Å². The van der Waals surface area contributed by atoms with Gasteiger partial charge in [0.25, 0.3) is 5.91 Å². The first-order chi connectivity index (χ1) is 17.5. The van der Waals surface area contributed by atoms with Crippen LogP contribution < -0.4 is 10.6 Å². The van der Waals surface area contributed by atoms with Crippen molar-refractivity contribution in [2.24, 2.45) is 4.99 Å². The molecule has 6 nitrogen and oxygen atoms in total. The van der Waals surface area contributed by atoms with Crippen molar-refractivity contribution < 1.29 is 27.2 Å². The summed E-state index contributed by atoms with van der Waals surface area (Å²) < 4.78 is 58.0. The van der Waals surface area contributed by atoms with Gasteiger partial charge in [0.15, 0.2) is 5.82 Å². The Balaban J connectivity index is 1.67. The molecule has 0 spiro atoms. The summed E-state index contributed by atoms with van der Waals surface area (Å²) in [6.07, 6.45) is -2.62. The van der Waals surface area contributed by atoms with E-state index in [1.54, 1.807) is 0 Å². The summed E-state index contributed by atoms with van der Waals surface area (Å²) in [5, 5.41) is 10.9. The van der Waals surface area contributed by atoms with Crippen LogP contribution in [0.3, 0.4) is 0 Å². The zero-order valence-electron chi connectivity index (χ0n) is 19.3. The molecule has 0 bridgehead atoms. The van der Waals surface area contributed by atoms with Crippen LogP contribution in [-0.4, -0.2) is 49.6 Å². The van der Waals surface area contributed by atoms with Crippen LogP contribution in [0.25, 0.3) is 0 Å². The Morgan fingerprint density at radius 2 is 1.84 bits per heavy atom. The predicted octanol–water partition coefficient (Wildman–Crippen LogP) is 5.26. The van der Waals surface area contributed by atoms with Gasteiger partial charge in [-0.2, -0.15) is 13.2 Å². The molecule has 0 fully saturated rings. The van der Waals surface area contributed by atoms with Crippen molar-refractivity contribution in [3.63, 3.8) is 0 Å². The lowest BCUT2D eigenvalue weighted by atomic mass is 9.71. The average molecular weight is 577 g/mol. The molecule has 2 heterocycles. The molecule has 1 unspecified atom stereocenters. The predicted molar refractivity (Wildman–Crippen MR) is 135 cm³/mol. The molecule has 37 heavy (non-hydrogen) atoms. The van der Waals surface area contributed by atoms with Gasteiger partial charge >= 0.3 is 6.18 Å². The van der Waals surface area contributed by atoms with Gasteiger partial charge in [0.2, 0.25) is 5.91 Å². The molecule has 1 aromatic carbocycles. The maximum atomic E-state index is 14.7. The fraction of sp³-hybridized carbons (Fsp3) is 0.417. The first kappa shape index (κ1) is 27.5. The third-order valence-electron chi connectivity index (χ3n) is 6.64. The van der Waals surface area contributed by atoms with Gasteiger partial charge in [0.1, 0.15) is 0 Å². The molecular weight excluding hydrogens is 555 g/mol. The molecule has 0 saturated heterocycles. The lowest BCUT2D eigenvalue weighted by Crippen LogP contribution is -2.46. The number of hydrogen-bond donors (Lipinski definition) is 3. The zero-order chi connectivity index (χ0) is 27.0. The molecule has 1 aliphatic carbocycles. The van der Waals surface area contributed by atoms with Crippen molar-refractivity contribution in [1.29, 1.82) is 5.41 Å². The summed E-state index contributed by atoms with van der Waals surface area (Å²) in [7, 11) is 0. The monoisotopic (exact) mass is 576 g/mol. The first-order valence-corrected chi connectivity index (χ1v) is 13.0. The number of nitrogens with one attached hydrogen (secondary N) is 3. The van der Waals surface area contributed by atoms with Gasteiger partial charge in [0, 0.05) is 19.2 Å². The van der Waals surface area contributed by atoms with E-state index in [1.165, 1.54) is 0 Å². The normalized spacial score (nSPS) is 19.2. The molecule has 0 radical (unpaired) electrons. The van der Waals surface area contributed by atoms with E-state index in [9.17, 15) is 27.2 Å². The van der Waals surface area contributed by atoms with Gasteiger partial charge in [-0.05, 0) is 54.5 Å². The number of carbonyl (C=O) groups excluding carboxylic acids is 2. The highest BCUT2D eigenvalue weighted by atomic mass is 35.5. The van der Waals surface area contributed by atoms with Gasteiger partial charge < -0.3 is 16.0 Å². The number of amides is 2. The number of benzene rings is 1. The molecule has 2 amide bonds. The number of hydrogen-bond acceptors (Lipinski definition) is 5. The molecule has 13 heteroatoms. The fourth-order valence-corrected chi connectivity index (χ4v) is 6.61. The van der Waals surface area contributed by atoms with Crippen LogP contribution in [0.2, 0.25) is 10.0 Å². The van der Waals surface area contributed by atoms with Gasteiger partial charge in [-0.15, -0.1) is 11.3 Å². The fourth-order valence-electron chi connectivity index (χ4n) is 4.80. The minimum Gasteiger partial charge on any atom is -0.350 e. The Hall–Kier alpha value is -2.50. The lowest BCUT2D eigenvalue weighted by molar-refractivity contribution is -0.191. The standard InChI is InChI=1S/C24H22Cl2F4N4O2S/c25-15-8-12(9-16(26)19(15)27)23(24(28,29)30)4-6-32-17(10-23)20-13-2-1-3-14(13)21(37-20)22(36)34-11-18(35)33-7-5-31/h5,8-9,31H,1-4,6-7,10-11H2,(H,33,35)(H,34,36). The SMILES string of the molecule is N=CCNC(=O)CNC(=O)c1sc(C2=NCCC(c3cc(Cl)c(F)c(Cl)c3)(C(F)(F)F)C2)c2c1CCC2. The lowest BCUT2D eigenvalue weighted by Gasteiger charge is -2.39. The molecule has 3 N–H and O–H groups in total. The maximum absolute atomic E-state index is 14.7. The Morgan fingerprint density at radius 1 is 1.16 bits per heavy atom. The van der Waals surface area contributed by atoms with Gasteiger partial charge in [-0.25, -0.2) is 4.39 Å². The van der Waals surface area contributed by atoms with E-state index in [0.29, 0.717) is 22.6 Å². The van der Waals surface area contributed by atoms with Crippen LogP contribution in [0.1, 0.15) is 50.5 Å². The maximum Gasteiger partial charge on any atom is 0.398 e. The molecule has 1 aliphatic heterocycles. The number of carbonyl (C=O) groups is 2. The van der Waals surface area contributed by atoms with E-state index < -0.39 is 45.7 Å². The quantitative estimate of drug-likeness (QED) is 0.238. The number of alkyl halides is 3. The molecule has 198 valence electrons. The van der Waals surface area contributed by atoms with Crippen molar-refractivity contribution in [2.75, 3.05) is 19.6 Å². The molecule has 1 atom stereocenters. The first-order valence-electron chi connectivity index (χ1n) is 11.4. The third-order valence-corrected chi connectivity index (χ3v) is 8.51. The minimum atomic E-state index is -4.71. The second kappa shape index (κ2) is 10.7. The van der Waals surface area contributed by atoms with Gasteiger partial charge in [-0.1, -0.05) is 23.2 Å². The summed E-state index contributed by atoms with van der Waals surface area (Å²) in [6, 6.07) is 1.95. The van der Waals surface area contributed by atoms with Crippen molar-refractivity contribution in [2.45, 2.75) is 43.7 Å². The van der Waals surface area contributed by atoms with Crippen LogP contribution >= 0.6 is 34.5 Å². The highest BCUT2D eigenvalue weighted by molar-refractivity contribution is 7.16. The Kier molecular flexibility index (Phi) is 7.96. The van der Waals surface area contributed by atoms with Crippen molar-refractivity contribution in [3.05, 3.63) is 54.4 Å². The van der Waals surface area contributed by atoms with Gasteiger partial charge in [-0.3, -0.25) is 14.6 Å². The number of thiophene rings is 1. The van der Waals surface area contributed by atoms with Crippen LogP contribution in [-0.2, 0) is 23.1 Å². The molecule has 1 aromatic heterocycles. The summed E-state index contributed by atoms with van der Waals surface area (Å²) >= 11 is 12.8. The van der Waals surface area contributed by atoms with Crippen LogP contribution in [0.5, 0.6) is 0 Å². The Morgan fingerprint density at radius 3 is 2.49 bits per heavy atom. The van der Waals surface area contributed by atoms with E-state index >= 15 is 0 Å². The molecule has 0 saturated carbocycles. The van der Waals surface area contributed by atoms with E-state index in [4.69, 9.17) is 28.6 Å². The topological polar surface area (TPSA) is 94.4 Å². The molecular formula is C24H22Cl2F4N4O2S. The van der Waals surface area contributed by atoms with E-state index in [-0.39, 0.29) is 37.3 Å². The highest BCUT2D eigenvalue weighted by Gasteiger charge is 2.57. The van der Waals surface area contributed by atoms with E-state index in [0.717, 1.165) is 47.2 Å². The Labute approximate surface area is 223 Å². The van der Waals surface area contributed by atoms with Crippen LogP contribution in [0.15, 0.2) is 17.1 Å². The molecule has 2 aliphatic rings. The number of fused-ring (bicyclic) bond motifs is 1. The largest absolute Gasteiger partial charge is 0.398 e. The molecule has 2 aromatic rings. The summed E-state index contributed by atoms with van der Waals surface area (Å²) in [5.74, 6) is -1.93. The van der Waals surface area contributed by atoms with Crippen LogP contribution in [0.4, 0.5) is 17.6 Å². The summed E-state index contributed by atoms with van der Waals surface area (Å²) in [4.78, 5) is 30.0. The Bertz CT molecular complexity index is 1270. The number of nitrogens with zero attached hydrogens (tertiary/aromatic N) is 1. The van der Waals surface area contributed by atoms with Crippen molar-refractivity contribution in [3.8, 4) is 0 Å². The molecule has 4 rings (SSSR count). The minimum absolute atomic E-state index is 0.0402. The highest BCUT2D eigenvalue weighted by Crippen LogP contribution is 2.51.